The van der Waals surface area contributed by atoms with Gasteiger partial charge in [-0.25, -0.2) is 0 Å². The lowest BCUT2D eigenvalue weighted by Crippen LogP contribution is -2.30. The summed E-state index contributed by atoms with van der Waals surface area (Å²) in [4.78, 5) is 0. The molecule has 2 nitrogen and oxygen atoms in total. The zero-order chi connectivity index (χ0) is 12.0. The molecule has 1 unspecified atom stereocenters. The van der Waals surface area contributed by atoms with Gasteiger partial charge in [0.15, 0.2) is 0 Å². The molecule has 0 spiro atoms. The highest BCUT2D eigenvalue weighted by molar-refractivity contribution is 4.77. The van der Waals surface area contributed by atoms with Crippen molar-refractivity contribution in [1.82, 2.24) is 0 Å². The Morgan fingerprint density at radius 3 is 2.00 bits per heavy atom. The second-order valence-corrected chi connectivity index (χ2v) is 5.87. The van der Waals surface area contributed by atoms with Gasteiger partial charge >= 0.3 is 0 Å². The first kappa shape index (κ1) is 14.0. The van der Waals surface area contributed by atoms with Crippen molar-refractivity contribution >= 4 is 0 Å². The molecule has 0 saturated heterocycles. The maximum Gasteiger partial charge on any atom is 0.0849 e. The summed E-state index contributed by atoms with van der Waals surface area (Å²) in [6, 6.07) is 0. The first-order valence-electron chi connectivity index (χ1n) is 6.90. The highest BCUT2D eigenvalue weighted by Crippen LogP contribution is 2.34. The second kappa shape index (κ2) is 6.61. The average Bonchev–Trinajstić information content (AvgIpc) is 2.29. The maximum absolute atomic E-state index is 9.74. The molecule has 0 heterocycles. The van der Waals surface area contributed by atoms with Gasteiger partial charge in [0.05, 0.1) is 12.2 Å². The molecule has 16 heavy (non-hydrogen) atoms. The van der Waals surface area contributed by atoms with Gasteiger partial charge in [0, 0.05) is 0 Å². The Bertz CT molecular complexity index is 181. The molecule has 0 aromatic heterocycles. The van der Waals surface area contributed by atoms with Gasteiger partial charge in [0.2, 0.25) is 0 Å². The normalized spacial score (nSPS) is 30.0. The standard InChI is InChI=1S/C14H28O2/c1-3-4-12-5-7-13(8-6-12)9-10-14(2,16)11-15/h12-13,15-16H,3-11H2,1-2H3/t12-,13-,14?. The van der Waals surface area contributed by atoms with Crippen LogP contribution in [0, 0.1) is 11.8 Å². The Labute approximate surface area is 100 Å². The lowest BCUT2D eigenvalue weighted by atomic mass is 9.77. The van der Waals surface area contributed by atoms with Crippen LogP contribution >= 0.6 is 0 Å². The summed E-state index contributed by atoms with van der Waals surface area (Å²) in [7, 11) is 0. The predicted molar refractivity (Wildman–Crippen MR) is 67.3 cm³/mol. The van der Waals surface area contributed by atoms with Crippen molar-refractivity contribution in [2.75, 3.05) is 6.61 Å². The minimum atomic E-state index is -0.861. The molecule has 0 bridgehead atoms. The smallest absolute Gasteiger partial charge is 0.0849 e. The summed E-state index contributed by atoms with van der Waals surface area (Å²) in [6.45, 7) is 3.89. The molecule has 1 saturated carbocycles. The van der Waals surface area contributed by atoms with Gasteiger partial charge in [-0.2, -0.15) is 0 Å². The minimum absolute atomic E-state index is 0.113. The molecule has 96 valence electrons. The molecule has 1 atom stereocenters. The Morgan fingerprint density at radius 2 is 1.56 bits per heavy atom. The lowest BCUT2D eigenvalue weighted by Gasteiger charge is -2.30. The fourth-order valence-corrected chi connectivity index (χ4v) is 2.81. The Morgan fingerprint density at radius 1 is 1.06 bits per heavy atom. The number of rotatable bonds is 6. The molecule has 0 amide bonds. The van der Waals surface area contributed by atoms with E-state index < -0.39 is 5.60 Å². The van der Waals surface area contributed by atoms with E-state index in [1.165, 1.54) is 38.5 Å². The van der Waals surface area contributed by atoms with E-state index in [-0.39, 0.29) is 6.61 Å². The third-order valence-corrected chi connectivity index (χ3v) is 4.10. The van der Waals surface area contributed by atoms with Gasteiger partial charge in [0.25, 0.3) is 0 Å². The average molecular weight is 228 g/mol. The fraction of sp³-hybridized carbons (Fsp3) is 1.00. The number of aliphatic hydroxyl groups is 2. The van der Waals surface area contributed by atoms with Crippen molar-refractivity contribution in [3.8, 4) is 0 Å². The van der Waals surface area contributed by atoms with Crippen molar-refractivity contribution in [3.05, 3.63) is 0 Å². The molecule has 2 N–H and O–H groups in total. The highest BCUT2D eigenvalue weighted by atomic mass is 16.3. The fourth-order valence-electron chi connectivity index (χ4n) is 2.81. The molecular weight excluding hydrogens is 200 g/mol. The van der Waals surface area contributed by atoms with Gasteiger partial charge in [-0.15, -0.1) is 0 Å². The van der Waals surface area contributed by atoms with E-state index in [0.29, 0.717) is 0 Å². The molecule has 0 aliphatic heterocycles. The van der Waals surface area contributed by atoms with Crippen LogP contribution in [0.3, 0.4) is 0 Å². The molecule has 0 radical (unpaired) electrons. The van der Waals surface area contributed by atoms with E-state index in [4.69, 9.17) is 5.11 Å². The molecule has 0 aromatic carbocycles. The summed E-state index contributed by atoms with van der Waals surface area (Å²) in [5, 5.41) is 18.7. The molecular formula is C14H28O2. The monoisotopic (exact) mass is 228 g/mol. The Hall–Kier alpha value is -0.0800. The summed E-state index contributed by atoms with van der Waals surface area (Å²) in [5.74, 6) is 1.74. The molecule has 0 aromatic rings. The van der Waals surface area contributed by atoms with Crippen LogP contribution in [0.4, 0.5) is 0 Å². The second-order valence-electron chi connectivity index (χ2n) is 5.87. The quantitative estimate of drug-likeness (QED) is 0.733. The highest BCUT2D eigenvalue weighted by Gasteiger charge is 2.24. The zero-order valence-electron chi connectivity index (χ0n) is 10.9. The van der Waals surface area contributed by atoms with Crippen molar-refractivity contribution < 1.29 is 10.2 Å². The largest absolute Gasteiger partial charge is 0.393 e. The van der Waals surface area contributed by atoms with E-state index >= 15 is 0 Å². The van der Waals surface area contributed by atoms with E-state index in [2.05, 4.69) is 6.92 Å². The van der Waals surface area contributed by atoms with Crippen LogP contribution in [-0.4, -0.2) is 22.4 Å². The third kappa shape index (κ3) is 4.84. The summed E-state index contributed by atoms with van der Waals surface area (Å²) >= 11 is 0. The van der Waals surface area contributed by atoms with Crippen LogP contribution in [0.1, 0.15) is 65.2 Å². The SMILES string of the molecule is CCC[C@H]1CC[C@H](CCC(C)(O)CO)CC1. The van der Waals surface area contributed by atoms with Crippen molar-refractivity contribution in [2.24, 2.45) is 11.8 Å². The number of hydrogen-bond donors (Lipinski definition) is 2. The van der Waals surface area contributed by atoms with Crippen molar-refractivity contribution in [2.45, 2.75) is 70.8 Å². The Kier molecular flexibility index (Phi) is 5.77. The van der Waals surface area contributed by atoms with Crippen LogP contribution in [0.15, 0.2) is 0 Å². The van der Waals surface area contributed by atoms with Crippen LogP contribution in [0.5, 0.6) is 0 Å². The zero-order valence-corrected chi connectivity index (χ0v) is 10.9. The maximum atomic E-state index is 9.74. The van der Waals surface area contributed by atoms with Crippen LogP contribution in [0.2, 0.25) is 0 Å². The minimum Gasteiger partial charge on any atom is -0.393 e. The number of hydrogen-bond acceptors (Lipinski definition) is 2. The number of aliphatic hydroxyl groups excluding tert-OH is 1. The van der Waals surface area contributed by atoms with Crippen molar-refractivity contribution in [3.63, 3.8) is 0 Å². The Balaban J connectivity index is 2.17. The molecule has 1 aliphatic carbocycles. The van der Waals surface area contributed by atoms with E-state index in [1.54, 1.807) is 6.92 Å². The van der Waals surface area contributed by atoms with E-state index in [1.807, 2.05) is 0 Å². The van der Waals surface area contributed by atoms with Crippen molar-refractivity contribution in [1.29, 1.82) is 0 Å². The summed E-state index contributed by atoms with van der Waals surface area (Å²) < 4.78 is 0. The first-order chi connectivity index (χ1) is 7.57. The molecule has 1 aliphatic rings. The van der Waals surface area contributed by atoms with E-state index in [9.17, 15) is 5.11 Å². The summed E-state index contributed by atoms with van der Waals surface area (Å²) in [5.41, 5.74) is -0.861. The molecule has 1 rings (SSSR count). The van der Waals surface area contributed by atoms with Gasteiger partial charge in [-0.05, 0) is 31.6 Å². The lowest BCUT2D eigenvalue weighted by molar-refractivity contribution is -0.0112. The van der Waals surface area contributed by atoms with Gasteiger partial charge in [-0.1, -0.05) is 45.4 Å². The van der Waals surface area contributed by atoms with Crippen LogP contribution in [-0.2, 0) is 0 Å². The topological polar surface area (TPSA) is 40.5 Å². The van der Waals surface area contributed by atoms with Gasteiger partial charge in [-0.3, -0.25) is 0 Å². The van der Waals surface area contributed by atoms with E-state index in [0.717, 1.165) is 24.7 Å². The van der Waals surface area contributed by atoms with Crippen LogP contribution in [0.25, 0.3) is 0 Å². The first-order valence-corrected chi connectivity index (χ1v) is 6.90. The molecule has 1 fully saturated rings. The third-order valence-electron chi connectivity index (χ3n) is 4.10. The van der Waals surface area contributed by atoms with Crippen LogP contribution < -0.4 is 0 Å². The van der Waals surface area contributed by atoms with Gasteiger partial charge < -0.3 is 10.2 Å². The predicted octanol–water partition coefficient (Wildman–Crippen LogP) is 3.12. The molecule has 2 heteroatoms. The van der Waals surface area contributed by atoms with Gasteiger partial charge in [0.1, 0.15) is 0 Å². The summed E-state index contributed by atoms with van der Waals surface area (Å²) in [6.07, 6.45) is 9.92.